The quantitative estimate of drug-likeness (QED) is 0.787. The van der Waals surface area contributed by atoms with Gasteiger partial charge in [-0.2, -0.15) is 0 Å². The third kappa shape index (κ3) is 3.03. The van der Waals surface area contributed by atoms with Gasteiger partial charge in [0.05, 0.1) is 13.1 Å². The summed E-state index contributed by atoms with van der Waals surface area (Å²) in [5, 5.41) is 16.8. The Hall–Kier alpha value is -1.43. The SMILES string of the molecule is Cc1nnc(CN(CC(=O)O)C(C)C)n1C. The zero-order valence-corrected chi connectivity index (χ0v) is 10.1. The number of aryl methyl sites for hydroxylation is 1. The van der Waals surface area contributed by atoms with Crippen LogP contribution in [0.2, 0.25) is 0 Å². The summed E-state index contributed by atoms with van der Waals surface area (Å²) in [5.74, 6) is 0.786. The van der Waals surface area contributed by atoms with Crippen molar-refractivity contribution in [2.24, 2.45) is 7.05 Å². The van der Waals surface area contributed by atoms with Crippen LogP contribution >= 0.6 is 0 Å². The van der Waals surface area contributed by atoms with E-state index >= 15 is 0 Å². The van der Waals surface area contributed by atoms with Crippen LogP contribution in [0.5, 0.6) is 0 Å². The zero-order chi connectivity index (χ0) is 12.3. The number of carbonyl (C=O) groups is 1. The molecular weight excluding hydrogens is 208 g/mol. The molecule has 0 atom stereocenters. The van der Waals surface area contributed by atoms with Crippen molar-refractivity contribution in [1.82, 2.24) is 19.7 Å². The lowest BCUT2D eigenvalue weighted by Gasteiger charge is -2.23. The van der Waals surface area contributed by atoms with Gasteiger partial charge < -0.3 is 9.67 Å². The van der Waals surface area contributed by atoms with Crippen LogP contribution in [0.1, 0.15) is 25.5 Å². The van der Waals surface area contributed by atoms with Gasteiger partial charge in [-0.05, 0) is 20.8 Å². The molecule has 0 bridgehead atoms. The van der Waals surface area contributed by atoms with Gasteiger partial charge >= 0.3 is 5.97 Å². The van der Waals surface area contributed by atoms with Crippen LogP contribution in [-0.2, 0) is 18.4 Å². The first-order valence-corrected chi connectivity index (χ1v) is 5.22. The molecule has 0 aliphatic carbocycles. The Labute approximate surface area is 94.9 Å². The summed E-state index contributed by atoms with van der Waals surface area (Å²) in [7, 11) is 1.88. The van der Waals surface area contributed by atoms with E-state index in [2.05, 4.69) is 10.2 Å². The van der Waals surface area contributed by atoms with Crippen LogP contribution in [0.25, 0.3) is 0 Å². The van der Waals surface area contributed by atoms with E-state index in [1.165, 1.54) is 0 Å². The first-order chi connectivity index (χ1) is 7.41. The number of nitrogens with zero attached hydrogens (tertiary/aromatic N) is 4. The van der Waals surface area contributed by atoms with Gasteiger partial charge in [0, 0.05) is 13.1 Å². The van der Waals surface area contributed by atoms with Crippen LogP contribution in [0.3, 0.4) is 0 Å². The minimum Gasteiger partial charge on any atom is -0.480 e. The van der Waals surface area contributed by atoms with E-state index in [1.807, 2.05) is 37.3 Å². The number of carboxylic acid groups (broad SMARTS) is 1. The molecule has 90 valence electrons. The van der Waals surface area contributed by atoms with E-state index in [9.17, 15) is 4.79 Å². The van der Waals surface area contributed by atoms with Crippen LogP contribution in [0.15, 0.2) is 0 Å². The van der Waals surface area contributed by atoms with E-state index in [0.29, 0.717) is 6.54 Å². The van der Waals surface area contributed by atoms with Crippen LogP contribution in [-0.4, -0.2) is 43.3 Å². The summed E-state index contributed by atoms with van der Waals surface area (Å²) in [6.07, 6.45) is 0. The van der Waals surface area contributed by atoms with Gasteiger partial charge in [0.25, 0.3) is 0 Å². The van der Waals surface area contributed by atoms with Crippen molar-refractivity contribution < 1.29 is 9.90 Å². The molecule has 0 aromatic carbocycles. The van der Waals surface area contributed by atoms with Gasteiger partial charge in [-0.25, -0.2) is 0 Å². The van der Waals surface area contributed by atoms with Crippen LogP contribution in [0.4, 0.5) is 0 Å². The van der Waals surface area contributed by atoms with Gasteiger partial charge in [0.1, 0.15) is 11.6 Å². The molecule has 0 unspecified atom stereocenters. The maximum atomic E-state index is 10.7. The molecule has 0 amide bonds. The predicted octanol–water partition coefficient (Wildman–Crippen LogP) is 0.419. The smallest absolute Gasteiger partial charge is 0.317 e. The van der Waals surface area contributed by atoms with E-state index in [0.717, 1.165) is 11.6 Å². The normalized spacial score (nSPS) is 11.4. The molecule has 0 aliphatic rings. The Balaban J connectivity index is 2.75. The lowest BCUT2D eigenvalue weighted by Crippen LogP contribution is -2.35. The van der Waals surface area contributed by atoms with Gasteiger partial charge in [0.2, 0.25) is 0 Å². The van der Waals surface area contributed by atoms with E-state index in [1.54, 1.807) is 0 Å². The van der Waals surface area contributed by atoms with Crippen molar-refractivity contribution in [1.29, 1.82) is 0 Å². The molecule has 0 aliphatic heterocycles. The second-order valence-corrected chi connectivity index (χ2v) is 4.11. The molecule has 1 N–H and O–H groups in total. The number of aromatic nitrogens is 3. The minimum atomic E-state index is -0.826. The molecule has 16 heavy (non-hydrogen) atoms. The molecule has 0 radical (unpaired) electrons. The average molecular weight is 226 g/mol. The van der Waals surface area contributed by atoms with Crippen LogP contribution < -0.4 is 0 Å². The highest BCUT2D eigenvalue weighted by Gasteiger charge is 2.16. The summed E-state index contributed by atoms with van der Waals surface area (Å²) < 4.78 is 1.87. The van der Waals surface area contributed by atoms with Crippen molar-refractivity contribution in [3.05, 3.63) is 11.6 Å². The molecule has 1 aromatic heterocycles. The molecule has 6 heteroatoms. The van der Waals surface area contributed by atoms with Crippen LogP contribution in [0, 0.1) is 6.92 Å². The second kappa shape index (κ2) is 5.07. The second-order valence-electron chi connectivity index (χ2n) is 4.11. The first-order valence-electron chi connectivity index (χ1n) is 5.22. The number of aliphatic carboxylic acids is 1. The Morgan fingerprint density at radius 2 is 2.12 bits per heavy atom. The molecule has 0 spiro atoms. The Kier molecular flexibility index (Phi) is 4.00. The fourth-order valence-electron chi connectivity index (χ4n) is 1.37. The zero-order valence-electron chi connectivity index (χ0n) is 10.1. The molecule has 0 saturated heterocycles. The standard InChI is InChI=1S/C10H18N4O2/c1-7(2)14(6-10(15)16)5-9-12-11-8(3)13(9)4/h7H,5-6H2,1-4H3,(H,15,16). The molecule has 0 saturated carbocycles. The summed E-state index contributed by atoms with van der Waals surface area (Å²) in [6, 6.07) is 0.160. The number of hydrogen-bond donors (Lipinski definition) is 1. The monoisotopic (exact) mass is 226 g/mol. The van der Waals surface area contributed by atoms with Gasteiger partial charge in [-0.1, -0.05) is 0 Å². The maximum absolute atomic E-state index is 10.7. The fraction of sp³-hybridized carbons (Fsp3) is 0.700. The predicted molar refractivity (Wildman–Crippen MR) is 58.9 cm³/mol. The Morgan fingerprint density at radius 3 is 2.50 bits per heavy atom. The van der Waals surface area contributed by atoms with Crippen molar-refractivity contribution >= 4 is 5.97 Å². The summed E-state index contributed by atoms with van der Waals surface area (Å²) in [6.45, 7) is 6.32. The molecule has 1 rings (SSSR count). The van der Waals surface area contributed by atoms with E-state index in [-0.39, 0.29) is 12.6 Å². The highest BCUT2D eigenvalue weighted by atomic mass is 16.4. The maximum Gasteiger partial charge on any atom is 0.317 e. The fourth-order valence-corrected chi connectivity index (χ4v) is 1.37. The number of carboxylic acids is 1. The molecule has 0 fully saturated rings. The Bertz CT molecular complexity index is 373. The lowest BCUT2D eigenvalue weighted by atomic mass is 10.3. The van der Waals surface area contributed by atoms with Crippen molar-refractivity contribution in [3.63, 3.8) is 0 Å². The Morgan fingerprint density at radius 1 is 1.50 bits per heavy atom. The molecule has 6 nitrogen and oxygen atoms in total. The highest BCUT2D eigenvalue weighted by molar-refractivity contribution is 5.69. The van der Waals surface area contributed by atoms with E-state index in [4.69, 9.17) is 5.11 Å². The van der Waals surface area contributed by atoms with Gasteiger partial charge in [0.15, 0.2) is 0 Å². The van der Waals surface area contributed by atoms with E-state index < -0.39 is 5.97 Å². The third-order valence-corrected chi connectivity index (χ3v) is 2.60. The van der Waals surface area contributed by atoms with Gasteiger partial charge in [-0.15, -0.1) is 10.2 Å². The summed E-state index contributed by atoms with van der Waals surface area (Å²) in [4.78, 5) is 12.5. The number of rotatable bonds is 5. The van der Waals surface area contributed by atoms with Crippen molar-refractivity contribution in [3.8, 4) is 0 Å². The number of hydrogen-bond acceptors (Lipinski definition) is 4. The van der Waals surface area contributed by atoms with Gasteiger partial charge in [-0.3, -0.25) is 9.69 Å². The topological polar surface area (TPSA) is 71.2 Å². The van der Waals surface area contributed by atoms with Crippen molar-refractivity contribution in [2.45, 2.75) is 33.4 Å². The lowest BCUT2D eigenvalue weighted by molar-refractivity contribution is -0.139. The summed E-state index contributed by atoms with van der Waals surface area (Å²) >= 11 is 0. The summed E-state index contributed by atoms with van der Waals surface area (Å²) in [5.41, 5.74) is 0. The average Bonchev–Trinajstić information content (AvgIpc) is 2.47. The van der Waals surface area contributed by atoms with Crippen molar-refractivity contribution in [2.75, 3.05) is 6.54 Å². The first kappa shape index (κ1) is 12.6. The largest absolute Gasteiger partial charge is 0.480 e. The third-order valence-electron chi connectivity index (χ3n) is 2.60. The molecular formula is C10H18N4O2. The molecule has 1 aromatic rings. The highest BCUT2D eigenvalue weighted by Crippen LogP contribution is 2.06. The molecule has 1 heterocycles. The minimum absolute atomic E-state index is 0.0174.